The number of fused-ring (bicyclic) bond motifs is 2. The van der Waals surface area contributed by atoms with Crippen LogP contribution in [-0.4, -0.2) is 21.2 Å². The second kappa shape index (κ2) is 4.74. The summed E-state index contributed by atoms with van der Waals surface area (Å²) < 4.78 is 6.00. The summed E-state index contributed by atoms with van der Waals surface area (Å²) in [6.07, 6.45) is 8.40. The summed E-state index contributed by atoms with van der Waals surface area (Å²) in [5.74, 6) is 2.24. The average molecular weight is 305 g/mol. The Balaban J connectivity index is 1.60. The van der Waals surface area contributed by atoms with Crippen LogP contribution in [0.3, 0.4) is 0 Å². The normalized spacial score (nSPS) is 34.7. The minimum atomic E-state index is 0.0638. The molecular formula is C15H15NO2S2. The van der Waals surface area contributed by atoms with Gasteiger partial charge in [-0.2, -0.15) is 0 Å². The molecule has 2 heterocycles. The number of furan rings is 1. The number of rotatable bonds is 2. The van der Waals surface area contributed by atoms with Crippen molar-refractivity contribution in [2.24, 2.45) is 11.8 Å². The summed E-state index contributed by atoms with van der Waals surface area (Å²) in [6.45, 7) is 0. The molecule has 3 unspecified atom stereocenters. The van der Waals surface area contributed by atoms with E-state index in [-0.39, 0.29) is 5.91 Å². The van der Waals surface area contributed by atoms with Gasteiger partial charge in [-0.05, 0) is 43.2 Å². The van der Waals surface area contributed by atoms with Gasteiger partial charge in [0.1, 0.15) is 10.1 Å². The third-order valence-corrected chi connectivity index (χ3v) is 6.00. The molecule has 1 aliphatic heterocycles. The Morgan fingerprint density at radius 3 is 2.95 bits per heavy atom. The number of thioether (sulfide) groups is 1. The van der Waals surface area contributed by atoms with Gasteiger partial charge in [0.25, 0.3) is 5.91 Å². The van der Waals surface area contributed by atoms with Crippen LogP contribution in [0.4, 0.5) is 0 Å². The van der Waals surface area contributed by atoms with Crippen LogP contribution in [0.2, 0.25) is 0 Å². The Labute approximate surface area is 127 Å². The molecule has 20 heavy (non-hydrogen) atoms. The van der Waals surface area contributed by atoms with E-state index in [1.54, 1.807) is 12.3 Å². The quantitative estimate of drug-likeness (QED) is 0.616. The van der Waals surface area contributed by atoms with Crippen molar-refractivity contribution in [3.05, 3.63) is 29.1 Å². The molecule has 104 valence electrons. The molecule has 1 aromatic heterocycles. The predicted octanol–water partition coefficient (Wildman–Crippen LogP) is 3.67. The van der Waals surface area contributed by atoms with E-state index in [1.807, 2.05) is 17.0 Å². The van der Waals surface area contributed by atoms with Crippen molar-refractivity contribution >= 4 is 40.3 Å². The zero-order valence-electron chi connectivity index (χ0n) is 11.0. The maximum Gasteiger partial charge on any atom is 0.266 e. The zero-order chi connectivity index (χ0) is 13.7. The van der Waals surface area contributed by atoms with Crippen LogP contribution in [0.25, 0.3) is 6.08 Å². The molecule has 3 atom stereocenters. The zero-order valence-corrected chi connectivity index (χ0v) is 12.6. The van der Waals surface area contributed by atoms with Gasteiger partial charge in [-0.3, -0.25) is 9.69 Å². The van der Waals surface area contributed by atoms with Gasteiger partial charge < -0.3 is 4.42 Å². The molecular weight excluding hydrogens is 290 g/mol. The first kappa shape index (κ1) is 12.7. The molecule has 3 aliphatic rings. The summed E-state index contributed by atoms with van der Waals surface area (Å²) in [7, 11) is 0. The SMILES string of the molecule is O=C1/C(=C\c2ccco2)SC(=S)N1C1CC2CCC1C2. The van der Waals surface area contributed by atoms with E-state index < -0.39 is 0 Å². The topological polar surface area (TPSA) is 33.5 Å². The Bertz CT molecular complexity index is 593. The number of amides is 1. The van der Waals surface area contributed by atoms with Gasteiger partial charge >= 0.3 is 0 Å². The molecule has 3 nitrogen and oxygen atoms in total. The van der Waals surface area contributed by atoms with E-state index in [4.69, 9.17) is 16.6 Å². The van der Waals surface area contributed by atoms with E-state index >= 15 is 0 Å². The van der Waals surface area contributed by atoms with E-state index in [0.29, 0.717) is 26.9 Å². The van der Waals surface area contributed by atoms with E-state index in [2.05, 4.69) is 0 Å². The number of carbonyl (C=O) groups excluding carboxylic acids is 1. The van der Waals surface area contributed by atoms with Crippen molar-refractivity contribution in [1.29, 1.82) is 0 Å². The molecule has 1 amide bonds. The van der Waals surface area contributed by atoms with E-state index in [0.717, 1.165) is 12.3 Å². The van der Waals surface area contributed by atoms with Gasteiger partial charge in [0.2, 0.25) is 0 Å². The minimum absolute atomic E-state index is 0.0638. The Morgan fingerprint density at radius 2 is 2.30 bits per heavy atom. The lowest BCUT2D eigenvalue weighted by Gasteiger charge is -2.30. The highest BCUT2D eigenvalue weighted by atomic mass is 32.2. The van der Waals surface area contributed by atoms with Gasteiger partial charge in [0, 0.05) is 12.1 Å². The number of hydrogen-bond donors (Lipinski definition) is 0. The lowest BCUT2D eigenvalue weighted by atomic mass is 9.94. The third-order valence-electron chi connectivity index (χ3n) is 4.67. The maximum absolute atomic E-state index is 12.6. The molecule has 0 N–H and O–H groups in total. The fourth-order valence-electron chi connectivity index (χ4n) is 3.80. The summed E-state index contributed by atoms with van der Waals surface area (Å²) >= 11 is 6.84. The molecule has 0 aromatic carbocycles. The van der Waals surface area contributed by atoms with Crippen molar-refractivity contribution in [3.8, 4) is 0 Å². The summed E-state index contributed by atoms with van der Waals surface area (Å²) in [5, 5.41) is 0. The first-order valence-electron chi connectivity index (χ1n) is 7.03. The maximum atomic E-state index is 12.6. The highest BCUT2D eigenvalue weighted by Crippen LogP contribution is 2.49. The van der Waals surface area contributed by atoms with Gasteiger partial charge in [-0.15, -0.1) is 0 Å². The fraction of sp³-hybridized carbons (Fsp3) is 0.467. The van der Waals surface area contributed by atoms with Crippen LogP contribution in [-0.2, 0) is 4.79 Å². The van der Waals surface area contributed by atoms with Crippen LogP contribution >= 0.6 is 24.0 Å². The largest absolute Gasteiger partial charge is 0.465 e. The summed E-state index contributed by atoms with van der Waals surface area (Å²) in [5.41, 5.74) is 0. The smallest absolute Gasteiger partial charge is 0.266 e. The molecule has 5 heteroatoms. The highest BCUT2D eigenvalue weighted by molar-refractivity contribution is 8.26. The van der Waals surface area contributed by atoms with Crippen LogP contribution in [0.1, 0.15) is 31.4 Å². The first-order valence-corrected chi connectivity index (χ1v) is 8.25. The number of carbonyl (C=O) groups is 1. The third kappa shape index (κ3) is 1.95. The lowest BCUT2D eigenvalue weighted by Crippen LogP contribution is -2.41. The monoisotopic (exact) mass is 305 g/mol. The van der Waals surface area contributed by atoms with Crippen LogP contribution in [0.15, 0.2) is 27.7 Å². The van der Waals surface area contributed by atoms with Gasteiger partial charge in [-0.25, -0.2) is 0 Å². The van der Waals surface area contributed by atoms with Crippen molar-refractivity contribution in [2.45, 2.75) is 31.7 Å². The Hall–Kier alpha value is -1.07. The molecule has 1 aromatic rings. The minimum Gasteiger partial charge on any atom is -0.465 e. The van der Waals surface area contributed by atoms with Crippen molar-refractivity contribution in [3.63, 3.8) is 0 Å². The van der Waals surface area contributed by atoms with Crippen molar-refractivity contribution < 1.29 is 9.21 Å². The van der Waals surface area contributed by atoms with Gasteiger partial charge in [0.15, 0.2) is 0 Å². The second-order valence-corrected chi connectivity index (χ2v) is 7.49. The molecule has 2 bridgehead atoms. The van der Waals surface area contributed by atoms with Crippen molar-refractivity contribution in [2.75, 3.05) is 0 Å². The second-order valence-electron chi connectivity index (χ2n) is 5.81. The fourth-order valence-corrected chi connectivity index (χ4v) is 5.15. The number of nitrogens with zero attached hydrogens (tertiary/aromatic N) is 1. The summed E-state index contributed by atoms with van der Waals surface area (Å²) in [4.78, 5) is 15.2. The lowest BCUT2D eigenvalue weighted by molar-refractivity contribution is -0.124. The van der Waals surface area contributed by atoms with Gasteiger partial charge in [0.05, 0.1) is 11.2 Å². The molecule has 0 spiro atoms. The number of hydrogen-bond acceptors (Lipinski definition) is 4. The van der Waals surface area contributed by atoms with E-state index in [9.17, 15) is 4.79 Å². The summed E-state index contributed by atoms with van der Waals surface area (Å²) in [6, 6.07) is 4.01. The molecule has 2 saturated carbocycles. The van der Waals surface area contributed by atoms with E-state index in [1.165, 1.54) is 31.0 Å². The average Bonchev–Trinajstić information content (AvgIpc) is 3.17. The van der Waals surface area contributed by atoms with Crippen LogP contribution < -0.4 is 0 Å². The standard InChI is InChI=1S/C15H15NO2S2/c17-14-13(8-11-2-1-5-18-11)20-15(19)16(14)12-7-9-3-4-10(12)6-9/h1-2,5,8-10,12H,3-4,6-7H2/b13-8+. The first-order chi connectivity index (χ1) is 9.72. The number of thiocarbonyl (C=S) groups is 1. The molecule has 4 rings (SSSR count). The molecule has 0 radical (unpaired) electrons. The van der Waals surface area contributed by atoms with Crippen LogP contribution in [0, 0.1) is 11.8 Å². The van der Waals surface area contributed by atoms with Crippen molar-refractivity contribution in [1.82, 2.24) is 4.90 Å². The molecule has 2 aliphatic carbocycles. The van der Waals surface area contributed by atoms with Crippen LogP contribution in [0.5, 0.6) is 0 Å². The Morgan fingerprint density at radius 1 is 1.40 bits per heavy atom. The molecule has 1 saturated heterocycles. The highest BCUT2D eigenvalue weighted by Gasteiger charge is 2.47. The molecule has 3 fully saturated rings. The van der Waals surface area contributed by atoms with Gasteiger partial charge in [-0.1, -0.05) is 30.4 Å². The predicted molar refractivity (Wildman–Crippen MR) is 83.0 cm³/mol. The Kier molecular flexibility index (Phi) is 3.00.